The number of carbonyl (C=O) groups excluding carboxylic acids is 2. The standard InChI is InChI=1S/C14H17NO5/c1-2-9-20-14(19)10-3-5-11(6-4-10)15-12(16)7-8-13(17)18/h3-6H,2,7-9H2,1H3,(H,15,16)(H,17,18). The highest BCUT2D eigenvalue weighted by molar-refractivity contribution is 5.94. The van der Waals surface area contributed by atoms with Crippen LogP contribution in [0.15, 0.2) is 24.3 Å². The zero-order valence-electron chi connectivity index (χ0n) is 11.2. The van der Waals surface area contributed by atoms with Crippen molar-refractivity contribution in [3.05, 3.63) is 29.8 Å². The lowest BCUT2D eigenvalue weighted by atomic mass is 10.2. The monoisotopic (exact) mass is 279 g/mol. The number of hydrogen-bond acceptors (Lipinski definition) is 4. The van der Waals surface area contributed by atoms with Crippen LogP contribution in [0.25, 0.3) is 0 Å². The molecule has 1 aromatic rings. The molecule has 0 radical (unpaired) electrons. The molecule has 0 unspecified atom stereocenters. The van der Waals surface area contributed by atoms with Gasteiger partial charge in [-0.3, -0.25) is 9.59 Å². The Morgan fingerprint density at radius 1 is 1.15 bits per heavy atom. The van der Waals surface area contributed by atoms with Gasteiger partial charge in [-0.15, -0.1) is 0 Å². The van der Waals surface area contributed by atoms with Gasteiger partial charge in [0, 0.05) is 12.1 Å². The summed E-state index contributed by atoms with van der Waals surface area (Å²) in [5, 5.41) is 11.0. The fraction of sp³-hybridized carbons (Fsp3) is 0.357. The van der Waals surface area contributed by atoms with Gasteiger partial charge in [-0.2, -0.15) is 0 Å². The number of amides is 1. The normalized spacial score (nSPS) is 9.85. The van der Waals surface area contributed by atoms with Crippen molar-refractivity contribution < 1.29 is 24.2 Å². The number of carboxylic acid groups (broad SMARTS) is 1. The predicted octanol–water partition coefficient (Wildman–Crippen LogP) is 2.06. The Hall–Kier alpha value is -2.37. The zero-order chi connectivity index (χ0) is 15.0. The van der Waals surface area contributed by atoms with E-state index < -0.39 is 11.9 Å². The molecule has 2 N–H and O–H groups in total. The van der Waals surface area contributed by atoms with Gasteiger partial charge in [-0.25, -0.2) is 4.79 Å². The van der Waals surface area contributed by atoms with Crippen molar-refractivity contribution in [2.24, 2.45) is 0 Å². The molecule has 0 aliphatic heterocycles. The summed E-state index contributed by atoms with van der Waals surface area (Å²) in [4.78, 5) is 33.3. The number of benzene rings is 1. The number of rotatable bonds is 7. The van der Waals surface area contributed by atoms with Crippen LogP contribution in [0.3, 0.4) is 0 Å². The molecule has 1 amide bonds. The summed E-state index contributed by atoms with van der Waals surface area (Å²) in [6.07, 6.45) is 0.451. The Morgan fingerprint density at radius 3 is 2.35 bits per heavy atom. The molecule has 0 bridgehead atoms. The van der Waals surface area contributed by atoms with Gasteiger partial charge in [0.25, 0.3) is 0 Å². The molecule has 108 valence electrons. The molecule has 0 aliphatic rings. The molecular formula is C14H17NO5. The van der Waals surface area contributed by atoms with Crippen LogP contribution in [0.2, 0.25) is 0 Å². The van der Waals surface area contributed by atoms with Gasteiger partial charge in [-0.05, 0) is 30.7 Å². The van der Waals surface area contributed by atoms with Crippen LogP contribution < -0.4 is 5.32 Å². The van der Waals surface area contributed by atoms with E-state index >= 15 is 0 Å². The molecule has 0 spiro atoms. The molecule has 20 heavy (non-hydrogen) atoms. The van der Waals surface area contributed by atoms with Crippen molar-refractivity contribution in [3.8, 4) is 0 Å². The quantitative estimate of drug-likeness (QED) is 0.745. The number of carboxylic acids is 1. The zero-order valence-corrected chi connectivity index (χ0v) is 11.2. The smallest absolute Gasteiger partial charge is 0.338 e. The number of nitrogens with one attached hydrogen (secondary N) is 1. The van der Waals surface area contributed by atoms with E-state index in [0.29, 0.717) is 17.9 Å². The lowest BCUT2D eigenvalue weighted by molar-refractivity contribution is -0.138. The Bertz CT molecular complexity index is 481. The van der Waals surface area contributed by atoms with Crippen LogP contribution in [0.4, 0.5) is 5.69 Å². The summed E-state index contributed by atoms with van der Waals surface area (Å²) in [6.45, 7) is 2.27. The van der Waals surface area contributed by atoms with Crippen molar-refractivity contribution in [2.45, 2.75) is 26.2 Å². The summed E-state index contributed by atoms with van der Waals surface area (Å²) in [5.74, 6) is -1.81. The molecule has 0 fully saturated rings. The van der Waals surface area contributed by atoms with Gasteiger partial charge < -0.3 is 15.2 Å². The van der Waals surface area contributed by atoms with E-state index in [0.717, 1.165) is 6.42 Å². The highest BCUT2D eigenvalue weighted by Gasteiger charge is 2.08. The molecule has 0 aromatic heterocycles. The maximum absolute atomic E-state index is 11.5. The number of aliphatic carboxylic acids is 1. The van der Waals surface area contributed by atoms with Crippen LogP contribution in [-0.2, 0) is 14.3 Å². The van der Waals surface area contributed by atoms with Gasteiger partial charge in [0.1, 0.15) is 0 Å². The predicted molar refractivity (Wildman–Crippen MR) is 72.5 cm³/mol. The molecule has 0 heterocycles. The van der Waals surface area contributed by atoms with Crippen LogP contribution in [-0.4, -0.2) is 29.6 Å². The summed E-state index contributed by atoms with van der Waals surface area (Å²) in [5.41, 5.74) is 0.911. The number of esters is 1. The third kappa shape index (κ3) is 5.51. The third-order valence-corrected chi connectivity index (χ3v) is 2.41. The Balaban J connectivity index is 2.51. The summed E-state index contributed by atoms with van der Waals surface area (Å²) >= 11 is 0. The van der Waals surface area contributed by atoms with E-state index in [4.69, 9.17) is 9.84 Å². The van der Waals surface area contributed by atoms with Crippen molar-refractivity contribution in [3.63, 3.8) is 0 Å². The SMILES string of the molecule is CCCOC(=O)c1ccc(NC(=O)CCC(=O)O)cc1. The van der Waals surface area contributed by atoms with Crippen molar-refractivity contribution in [1.29, 1.82) is 0 Å². The molecule has 6 heteroatoms. The van der Waals surface area contributed by atoms with Gasteiger partial charge in [0.05, 0.1) is 18.6 Å². The molecule has 1 aromatic carbocycles. The summed E-state index contributed by atoms with van der Waals surface area (Å²) < 4.78 is 4.97. The maximum atomic E-state index is 11.5. The molecule has 6 nitrogen and oxygen atoms in total. The molecule has 0 saturated heterocycles. The fourth-order valence-electron chi connectivity index (χ4n) is 1.41. The molecular weight excluding hydrogens is 262 g/mol. The minimum atomic E-state index is -1.02. The minimum Gasteiger partial charge on any atom is -0.481 e. The molecule has 1 rings (SSSR count). The average Bonchev–Trinajstić information content (AvgIpc) is 2.43. The van der Waals surface area contributed by atoms with Crippen molar-refractivity contribution in [2.75, 3.05) is 11.9 Å². The van der Waals surface area contributed by atoms with Crippen LogP contribution in [0, 0.1) is 0 Å². The second-order valence-electron chi connectivity index (χ2n) is 4.16. The Kier molecular flexibility index (Phi) is 6.22. The van der Waals surface area contributed by atoms with Crippen LogP contribution >= 0.6 is 0 Å². The van der Waals surface area contributed by atoms with Gasteiger partial charge in [0.15, 0.2) is 0 Å². The first kappa shape index (κ1) is 15.7. The first-order valence-electron chi connectivity index (χ1n) is 6.31. The number of hydrogen-bond donors (Lipinski definition) is 2. The third-order valence-electron chi connectivity index (χ3n) is 2.41. The lowest BCUT2D eigenvalue weighted by Crippen LogP contribution is -2.13. The first-order valence-corrected chi connectivity index (χ1v) is 6.31. The number of ether oxygens (including phenoxy) is 1. The number of anilines is 1. The first-order chi connectivity index (χ1) is 9.52. The van der Waals surface area contributed by atoms with Gasteiger partial charge in [-0.1, -0.05) is 6.92 Å². The maximum Gasteiger partial charge on any atom is 0.338 e. The average molecular weight is 279 g/mol. The second kappa shape index (κ2) is 7.93. The summed E-state index contributed by atoms with van der Waals surface area (Å²) in [6, 6.07) is 6.23. The highest BCUT2D eigenvalue weighted by Crippen LogP contribution is 2.11. The van der Waals surface area contributed by atoms with Crippen LogP contribution in [0.5, 0.6) is 0 Å². The topological polar surface area (TPSA) is 92.7 Å². The van der Waals surface area contributed by atoms with Gasteiger partial charge in [0.2, 0.25) is 5.91 Å². The minimum absolute atomic E-state index is 0.0877. The second-order valence-corrected chi connectivity index (χ2v) is 4.16. The summed E-state index contributed by atoms with van der Waals surface area (Å²) in [7, 11) is 0. The molecule has 0 saturated carbocycles. The van der Waals surface area contributed by atoms with E-state index in [1.807, 2.05) is 6.92 Å². The van der Waals surface area contributed by atoms with E-state index in [-0.39, 0.29) is 18.7 Å². The van der Waals surface area contributed by atoms with E-state index in [9.17, 15) is 14.4 Å². The van der Waals surface area contributed by atoms with Gasteiger partial charge >= 0.3 is 11.9 Å². The van der Waals surface area contributed by atoms with Crippen molar-refractivity contribution in [1.82, 2.24) is 0 Å². The Morgan fingerprint density at radius 2 is 1.80 bits per heavy atom. The highest BCUT2D eigenvalue weighted by atomic mass is 16.5. The molecule has 0 atom stereocenters. The molecule has 0 aliphatic carbocycles. The van der Waals surface area contributed by atoms with Crippen molar-refractivity contribution >= 4 is 23.5 Å². The largest absolute Gasteiger partial charge is 0.481 e. The lowest BCUT2D eigenvalue weighted by Gasteiger charge is -2.06. The Labute approximate surface area is 116 Å². The van der Waals surface area contributed by atoms with E-state index in [2.05, 4.69) is 5.32 Å². The number of carbonyl (C=O) groups is 3. The van der Waals surface area contributed by atoms with E-state index in [1.165, 1.54) is 0 Å². The fourth-order valence-corrected chi connectivity index (χ4v) is 1.41. The van der Waals surface area contributed by atoms with Crippen LogP contribution in [0.1, 0.15) is 36.5 Å². The van der Waals surface area contributed by atoms with E-state index in [1.54, 1.807) is 24.3 Å².